The number of H-pyrrole nitrogens is 1. The summed E-state index contributed by atoms with van der Waals surface area (Å²) in [6.45, 7) is 0. The molecule has 0 atom stereocenters. The van der Waals surface area contributed by atoms with E-state index in [1.54, 1.807) is 6.07 Å². The lowest BCUT2D eigenvalue weighted by Crippen LogP contribution is -2.15. The minimum absolute atomic E-state index is 0. The molecule has 0 unspecified atom stereocenters. The van der Waals surface area contributed by atoms with Gasteiger partial charge in [0.2, 0.25) is 0 Å². The van der Waals surface area contributed by atoms with Crippen LogP contribution in [-0.4, -0.2) is 31.1 Å². The number of hydrogen-bond donors (Lipinski definition) is 2. The lowest BCUT2D eigenvalue weighted by Gasteiger charge is -2.01. The largest absolute Gasteiger partial charge is 0.478 e. The molecule has 0 saturated carbocycles. The van der Waals surface area contributed by atoms with E-state index >= 15 is 0 Å². The predicted octanol–water partition coefficient (Wildman–Crippen LogP) is 2.52. The highest BCUT2D eigenvalue weighted by atomic mass is 35.5. The first kappa shape index (κ1) is 16.6. The van der Waals surface area contributed by atoms with Gasteiger partial charge in [-0.3, -0.25) is 9.89 Å². The number of aromatic amines is 1. The molecule has 0 spiro atoms. The molecule has 25 heavy (non-hydrogen) atoms. The summed E-state index contributed by atoms with van der Waals surface area (Å²) in [4.78, 5) is 23.4. The fourth-order valence-electron chi connectivity index (χ4n) is 2.56. The maximum absolute atomic E-state index is 13.8. The van der Waals surface area contributed by atoms with Crippen LogP contribution in [-0.2, 0) is 0 Å². The minimum atomic E-state index is -1.06. The summed E-state index contributed by atoms with van der Waals surface area (Å²) in [5.41, 5.74) is 0.608. The number of rotatable bonds is 2. The van der Waals surface area contributed by atoms with Gasteiger partial charge >= 0.3 is 5.97 Å². The summed E-state index contributed by atoms with van der Waals surface area (Å²) in [6, 6.07) is 10.2. The number of fused-ring (bicyclic) bond motifs is 3. The molecule has 126 valence electrons. The molecule has 2 heterocycles. The maximum atomic E-state index is 13.8. The van der Waals surface area contributed by atoms with Crippen LogP contribution in [0.25, 0.3) is 27.6 Å². The molecule has 4 aromatic rings. The van der Waals surface area contributed by atoms with Crippen molar-refractivity contribution >= 4 is 40.3 Å². The van der Waals surface area contributed by atoms with Gasteiger partial charge in [-0.1, -0.05) is 12.1 Å². The first-order valence-corrected chi connectivity index (χ1v) is 6.95. The standard InChI is InChI=1S/C16H9FN4O3.ClH/c17-11-3-1-2-10-12(11)18-19-14-13(10)20-21(15(14)22)9-6-4-8(5-7-9)16(23)24;/h1-7,20H,(H,23,24);1H. The van der Waals surface area contributed by atoms with Crippen LogP contribution in [0.4, 0.5) is 4.39 Å². The Kier molecular flexibility index (Phi) is 3.97. The van der Waals surface area contributed by atoms with E-state index in [0.717, 1.165) is 0 Å². The third-order valence-corrected chi connectivity index (χ3v) is 3.74. The van der Waals surface area contributed by atoms with Crippen LogP contribution < -0.4 is 5.56 Å². The van der Waals surface area contributed by atoms with E-state index < -0.39 is 17.3 Å². The summed E-state index contributed by atoms with van der Waals surface area (Å²) in [5.74, 6) is -1.58. The van der Waals surface area contributed by atoms with E-state index in [1.165, 1.54) is 41.1 Å². The molecule has 0 fully saturated rings. The van der Waals surface area contributed by atoms with Crippen molar-refractivity contribution in [2.24, 2.45) is 0 Å². The van der Waals surface area contributed by atoms with Gasteiger partial charge in [-0.05, 0) is 30.3 Å². The molecule has 0 bridgehead atoms. The van der Waals surface area contributed by atoms with Crippen molar-refractivity contribution in [1.29, 1.82) is 0 Å². The Balaban J connectivity index is 0.00000182. The number of aromatic carboxylic acids is 1. The minimum Gasteiger partial charge on any atom is -0.478 e. The Morgan fingerprint density at radius 3 is 2.44 bits per heavy atom. The van der Waals surface area contributed by atoms with Gasteiger partial charge in [-0.2, -0.15) is 0 Å². The average Bonchev–Trinajstić information content (AvgIpc) is 2.93. The van der Waals surface area contributed by atoms with E-state index in [1.807, 2.05) is 0 Å². The fourth-order valence-corrected chi connectivity index (χ4v) is 2.56. The number of nitrogens with one attached hydrogen (secondary N) is 1. The summed E-state index contributed by atoms with van der Waals surface area (Å²) < 4.78 is 15.0. The van der Waals surface area contributed by atoms with Gasteiger partial charge in [-0.15, -0.1) is 22.6 Å². The van der Waals surface area contributed by atoms with Crippen LogP contribution in [0, 0.1) is 5.82 Å². The summed E-state index contributed by atoms with van der Waals surface area (Å²) in [7, 11) is 0. The molecule has 7 nitrogen and oxygen atoms in total. The summed E-state index contributed by atoms with van der Waals surface area (Å²) in [6.07, 6.45) is 0. The Hall–Kier alpha value is -3.26. The van der Waals surface area contributed by atoms with Crippen LogP contribution in [0.5, 0.6) is 0 Å². The highest BCUT2D eigenvalue weighted by molar-refractivity contribution is 6.01. The molecule has 0 saturated heterocycles. The zero-order valence-corrected chi connectivity index (χ0v) is 13.2. The van der Waals surface area contributed by atoms with E-state index in [2.05, 4.69) is 15.3 Å². The number of aromatic nitrogens is 4. The monoisotopic (exact) mass is 360 g/mol. The second kappa shape index (κ2) is 5.99. The maximum Gasteiger partial charge on any atom is 0.335 e. The van der Waals surface area contributed by atoms with E-state index in [-0.39, 0.29) is 29.0 Å². The third kappa shape index (κ3) is 2.52. The zero-order valence-electron chi connectivity index (χ0n) is 12.4. The van der Waals surface area contributed by atoms with E-state index in [9.17, 15) is 14.0 Å². The van der Waals surface area contributed by atoms with Crippen molar-refractivity contribution < 1.29 is 14.3 Å². The molecule has 2 N–H and O–H groups in total. The molecule has 0 amide bonds. The molecular formula is C16H10ClFN4O3. The van der Waals surface area contributed by atoms with Crippen LogP contribution in [0.2, 0.25) is 0 Å². The zero-order chi connectivity index (χ0) is 16.8. The van der Waals surface area contributed by atoms with Crippen LogP contribution in [0.3, 0.4) is 0 Å². The van der Waals surface area contributed by atoms with Gasteiger partial charge in [0, 0.05) is 5.39 Å². The SMILES string of the molecule is Cl.O=C(O)c1ccc(-n2[nH]c3c(nnc4c(F)cccc43)c2=O)cc1. The van der Waals surface area contributed by atoms with Gasteiger partial charge in [0.05, 0.1) is 16.8 Å². The van der Waals surface area contributed by atoms with Crippen LogP contribution in [0.15, 0.2) is 47.3 Å². The fraction of sp³-hybridized carbons (Fsp3) is 0. The first-order chi connectivity index (χ1) is 11.6. The van der Waals surface area contributed by atoms with Gasteiger partial charge in [0.25, 0.3) is 5.56 Å². The van der Waals surface area contributed by atoms with Gasteiger partial charge < -0.3 is 5.11 Å². The molecule has 0 aliphatic rings. The molecule has 0 aliphatic heterocycles. The Bertz CT molecular complexity index is 1170. The second-order valence-corrected chi connectivity index (χ2v) is 5.16. The molecule has 4 rings (SSSR count). The topological polar surface area (TPSA) is 101 Å². The number of benzene rings is 2. The van der Waals surface area contributed by atoms with Crippen LogP contribution in [0.1, 0.15) is 10.4 Å². The van der Waals surface area contributed by atoms with Crippen molar-refractivity contribution in [2.45, 2.75) is 0 Å². The second-order valence-electron chi connectivity index (χ2n) is 5.16. The van der Waals surface area contributed by atoms with E-state index in [4.69, 9.17) is 5.11 Å². The van der Waals surface area contributed by atoms with Gasteiger partial charge in [0.15, 0.2) is 11.3 Å². The third-order valence-electron chi connectivity index (χ3n) is 3.74. The van der Waals surface area contributed by atoms with Gasteiger partial charge in [-0.25, -0.2) is 13.9 Å². The van der Waals surface area contributed by atoms with Gasteiger partial charge in [0.1, 0.15) is 5.52 Å². The summed E-state index contributed by atoms with van der Waals surface area (Å²) >= 11 is 0. The number of nitrogens with zero attached hydrogens (tertiary/aromatic N) is 3. The molecule has 0 radical (unpaired) electrons. The average molecular weight is 361 g/mol. The molecule has 9 heteroatoms. The highest BCUT2D eigenvalue weighted by Crippen LogP contribution is 2.21. The highest BCUT2D eigenvalue weighted by Gasteiger charge is 2.15. The summed E-state index contributed by atoms with van der Waals surface area (Å²) in [5, 5.41) is 19.8. The van der Waals surface area contributed by atoms with Crippen LogP contribution >= 0.6 is 12.4 Å². The molecular weight excluding hydrogens is 351 g/mol. The number of halogens is 2. The number of carboxylic acids is 1. The lowest BCUT2D eigenvalue weighted by molar-refractivity contribution is 0.0697. The number of carbonyl (C=O) groups is 1. The Labute approximate surface area is 145 Å². The predicted molar refractivity (Wildman–Crippen MR) is 91.2 cm³/mol. The lowest BCUT2D eigenvalue weighted by atomic mass is 10.2. The Morgan fingerprint density at radius 2 is 1.76 bits per heavy atom. The van der Waals surface area contributed by atoms with Crippen molar-refractivity contribution in [3.05, 3.63) is 64.2 Å². The van der Waals surface area contributed by atoms with Crippen molar-refractivity contribution in [1.82, 2.24) is 20.0 Å². The smallest absolute Gasteiger partial charge is 0.335 e. The molecule has 0 aliphatic carbocycles. The van der Waals surface area contributed by atoms with Crippen molar-refractivity contribution in [2.75, 3.05) is 0 Å². The molecule has 2 aromatic carbocycles. The quantitative estimate of drug-likeness (QED) is 0.572. The number of hydrogen-bond acceptors (Lipinski definition) is 4. The van der Waals surface area contributed by atoms with Crippen molar-refractivity contribution in [3.8, 4) is 5.69 Å². The van der Waals surface area contributed by atoms with Crippen molar-refractivity contribution in [3.63, 3.8) is 0 Å². The normalized spacial score (nSPS) is 10.8. The van der Waals surface area contributed by atoms with E-state index in [0.29, 0.717) is 16.6 Å². The Morgan fingerprint density at radius 1 is 1.08 bits per heavy atom. The molecule has 2 aromatic heterocycles. The first-order valence-electron chi connectivity index (χ1n) is 6.95. The number of carboxylic acid groups (broad SMARTS) is 1.